The SMILES string of the molecule is CNc1ccc(N2CCC(CN3CCN(C(=O)OCc4ccccc4)CC3)CC2)cc1. The highest BCUT2D eigenvalue weighted by Crippen LogP contribution is 2.25. The zero-order chi connectivity index (χ0) is 21.5. The summed E-state index contributed by atoms with van der Waals surface area (Å²) in [4.78, 5) is 19.2. The van der Waals surface area contributed by atoms with Gasteiger partial charge < -0.3 is 19.9 Å². The molecule has 1 amide bonds. The van der Waals surface area contributed by atoms with Crippen LogP contribution >= 0.6 is 0 Å². The standard InChI is InChI=1S/C25H34N4O2/c1-26-23-7-9-24(10-8-23)28-13-11-21(12-14-28)19-27-15-17-29(18-16-27)25(30)31-20-22-5-3-2-4-6-22/h2-10,21,26H,11-20H2,1H3. The molecule has 2 aromatic carbocycles. The summed E-state index contributed by atoms with van der Waals surface area (Å²) in [5, 5.41) is 3.18. The van der Waals surface area contributed by atoms with Crippen LogP contribution in [0.3, 0.4) is 0 Å². The Balaban J connectivity index is 1.15. The van der Waals surface area contributed by atoms with Crippen LogP contribution in [0.1, 0.15) is 18.4 Å². The third kappa shape index (κ3) is 5.91. The van der Waals surface area contributed by atoms with Gasteiger partial charge in [-0.25, -0.2) is 4.79 Å². The highest BCUT2D eigenvalue weighted by atomic mass is 16.6. The number of ether oxygens (including phenoxy) is 1. The van der Waals surface area contributed by atoms with Crippen LogP contribution in [0.15, 0.2) is 54.6 Å². The van der Waals surface area contributed by atoms with Crippen molar-refractivity contribution in [3.63, 3.8) is 0 Å². The van der Waals surface area contributed by atoms with E-state index in [4.69, 9.17) is 4.74 Å². The van der Waals surface area contributed by atoms with Gasteiger partial charge in [0, 0.05) is 64.2 Å². The van der Waals surface area contributed by atoms with E-state index in [9.17, 15) is 4.79 Å². The van der Waals surface area contributed by atoms with Crippen molar-refractivity contribution in [3.05, 3.63) is 60.2 Å². The summed E-state index contributed by atoms with van der Waals surface area (Å²) in [7, 11) is 1.95. The van der Waals surface area contributed by atoms with Crippen LogP contribution in [0.25, 0.3) is 0 Å². The van der Waals surface area contributed by atoms with E-state index in [0.29, 0.717) is 6.61 Å². The number of benzene rings is 2. The highest BCUT2D eigenvalue weighted by molar-refractivity contribution is 5.67. The third-order valence-electron chi connectivity index (χ3n) is 6.49. The Hall–Kier alpha value is -2.73. The number of rotatable bonds is 6. The lowest BCUT2D eigenvalue weighted by molar-refractivity contribution is 0.0666. The van der Waals surface area contributed by atoms with Gasteiger partial charge in [-0.2, -0.15) is 0 Å². The van der Waals surface area contributed by atoms with Crippen molar-refractivity contribution >= 4 is 17.5 Å². The average molecular weight is 423 g/mol. The minimum absolute atomic E-state index is 0.193. The Bertz CT molecular complexity index is 811. The molecule has 0 atom stereocenters. The number of piperidine rings is 1. The minimum Gasteiger partial charge on any atom is -0.445 e. The molecule has 2 aliphatic rings. The molecule has 4 rings (SSSR count). The van der Waals surface area contributed by atoms with Gasteiger partial charge in [0.1, 0.15) is 6.61 Å². The lowest BCUT2D eigenvalue weighted by atomic mass is 9.95. The molecule has 2 fully saturated rings. The summed E-state index contributed by atoms with van der Waals surface area (Å²) < 4.78 is 5.48. The van der Waals surface area contributed by atoms with Crippen molar-refractivity contribution in [2.24, 2.45) is 5.92 Å². The second-order valence-electron chi connectivity index (χ2n) is 8.56. The molecule has 6 nitrogen and oxygen atoms in total. The maximum absolute atomic E-state index is 12.4. The van der Waals surface area contributed by atoms with Gasteiger partial charge >= 0.3 is 6.09 Å². The Morgan fingerprint density at radius 3 is 2.26 bits per heavy atom. The summed E-state index contributed by atoms with van der Waals surface area (Å²) in [6, 6.07) is 18.6. The van der Waals surface area contributed by atoms with Crippen molar-refractivity contribution in [3.8, 4) is 0 Å². The lowest BCUT2D eigenvalue weighted by Gasteiger charge is -2.39. The van der Waals surface area contributed by atoms with E-state index in [-0.39, 0.29) is 6.09 Å². The normalized spacial score (nSPS) is 18.1. The Morgan fingerprint density at radius 1 is 0.935 bits per heavy atom. The molecular formula is C25H34N4O2. The average Bonchev–Trinajstić information content (AvgIpc) is 2.84. The summed E-state index contributed by atoms with van der Waals surface area (Å²) in [6.45, 7) is 7.10. The predicted molar refractivity (Wildman–Crippen MR) is 126 cm³/mol. The summed E-state index contributed by atoms with van der Waals surface area (Å²) in [5.41, 5.74) is 3.50. The molecule has 2 saturated heterocycles. The van der Waals surface area contributed by atoms with E-state index in [1.54, 1.807) is 0 Å². The van der Waals surface area contributed by atoms with E-state index < -0.39 is 0 Å². The Labute approximate surface area is 185 Å². The van der Waals surface area contributed by atoms with Crippen LogP contribution in [0, 0.1) is 5.92 Å². The van der Waals surface area contributed by atoms with Crippen LogP contribution < -0.4 is 10.2 Å². The molecule has 0 bridgehead atoms. The van der Waals surface area contributed by atoms with Crippen molar-refractivity contribution < 1.29 is 9.53 Å². The molecule has 2 aromatic rings. The molecule has 1 N–H and O–H groups in total. The van der Waals surface area contributed by atoms with E-state index >= 15 is 0 Å². The number of amides is 1. The quantitative estimate of drug-likeness (QED) is 0.765. The summed E-state index contributed by atoms with van der Waals surface area (Å²) >= 11 is 0. The number of piperazine rings is 1. The van der Waals surface area contributed by atoms with Crippen LogP contribution in [-0.2, 0) is 11.3 Å². The maximum atomic E-state index is 12.4. The summed E-state index contributed by atoms with van der Waals surface area (Å²) in [6.07, 6.45) is 2.27. The molecule has 6 heteroatoms. The van der Waals surface area contributed by atoms with Gasteiger partial charge in [0.2, 0.25) is 0 Å². The molecule has 0 saturated carbocycles. The number of carbonyl (C=O) groups is 1. The molecule has 0 radical (unpaired) electrons. The number of carbonyl (C=O) groups excluding carboxylic acids is 1. The number of hydrogen-bond donors (Lipinski definition) is 1. The number of nitrogens with zero attached hydrogens (tertiary/aromatic N) is 3. The first-order chi connectivity index (χ1) is 15.2. The molecule has 2 heterocycles. The number of anilines is 2. The molecular weight excluding hydrogens is 388 g/mol. The van der Waals surface area contributed by atoms with Crippen molar-refractivity contribution in [1.82, 2.24) is 9.80 Å². The lowest BCUT2D eigenvalue weighted by Crippen LogP contribution is -2.50. The van der Waals surface area contributed by atoms with E-state index in [1.807, 2.05) is 42.3 Å². The molecule has 166 valence electrons. The highest BCUT2D eigenvalue weighted by Gasteiger charge is 2.26. The van der Waals surface area contributed by atoms with Gasteiger partial charge in [-0.1, -0.05) is 30.3 Å². The zero-order valence-electron chi connectivity index (χ0n) is 18.5. The van der Waals surface area contributed by atoms with Crippen LogP contribution in [-0.4, -0.2) is 68.8 Å². The van der Waals surface area contributed by atoms with Gasteiger partial charge in [-0.15, -0.1) is 0 Å². The van der Waals surface area contributed by atoms with Gasteiger partial charge in [-0.3, -0.25) is 4.90 Å². The first kappa shape index (κ1) is 21.5. The fraction of sp³-hybridized carbons (Fsp3) is 0.480. The molecule has 0 aliphatic carbocycles. The van der Waals surface area contributed by atoms with Crippen molar-refractivity contribution in [2.45, 2.75) is 19.4 Å². The Kier molecular flexibility index (Phi) is 7.30. The van der Waals surface area contributed by atoms with Crippen LogP contribution in [0.2, 0.25) is 0 Å². The second-order valence-corrected chi connectivity index (χ2v) is 8.56. The molecule has 2 aliphatic heterocycles. The largest absolute Gasteiger partial charge is 0.445 e. The first-order valence-electron chi connectivity index (χ1n) is 11.4. The second kappa shape index (κ2) is 10.5. The monoisotopic (exact) mass is 422 g/mol. The molecule has 0 spiro atoms. The fourth-order valence-corrected chi connectivity index (χ4v) is 4.50. The third-order valence-corrected chi connectivity index (χ3v) is 6.49. The van der Waals surface area contributed by atoms with Crippen molar-refractivity contribution in [2.75, 3.05) is 63.1 Å². The van der Waals surface area contributed by atoms with Gasteiger partial charge in [0.05, 0.1) is 0 Å². The molecule has 0 unspecified atom stereocenters. The van der Waals surface area contributed by atoms with E-state index in [1.165, 1.54) is 18.5 Å². The summed E-state index contributed by atoms with van der Waals surface area (Å²) in [5.74, 6) is 0.740. The number of hydrogen-bond acceptors (Lipinski definition) is 5. The van der Waals surface area contributed by atoms with Crippen molar-refractivity contribution in [1.29, 1.82) is 0 Å². The first-order valence-corrected chi connectivity index (χ1v) is 11.4. The fourth-order valence-electron chi connectivity index (χ4n) is 4.50. The maximum Gasteiger partial charge on any atom is 0.410 e. The topological polar surface area (TPSA) is 48.0 Å². The van der Waals surface area contributed by atoms with Crippen LogP contribution in [0.4, 0.5) is 16.2 Å². The van der Waals surface area contributed by atoms with E-state index in [2.05, 4.69) is 39.4 Å². The minimum atomic E-state index is -0.193. The zero-order valence-corrected chi connectivity index (χ0v) is 18.5. The van der Waals surface area contributed by atoms with Gasteiger partial charge in [0.25, 0.3) is 0 Å². The van der Waals surface area contributed by atoms with Gasteiger partial charge in [-0.05, 0) is 48.6 Å². The van der Waals surface area contributed by atoms with Gasteiger partial charge in [0.15, 0.2) is 0 Å². The van der Waals surface area contributed by atoms with E-state index in [0.717, 1.165) is 63.0 Å². The Morgan fingerprint density at radius 2 is 1.61 bits per heavy atom. The molecule has 31 heavy (non-hydrogen) atoms. The van der Waals surface area contributed by atoms with Crippen LogP contribution in [0.5, 0.6) is 0 Å². The smallest absolute Gasteiger partial charge is 0.410 e. The molecule has 0 aromatic heterocycles. The number of nitrogens with one attached hydrogen (secondary N) is 1. The predicted octanol–water partition coefficient (Wildman–Crippen LogP) is 3.90.